The second-order valence-corrected chi connectivity index (χ2v) is 7.20. The molecule has 122 valence electrons. The van der Waals surface area contributed by atoms with Crippen molar-refractivity contribution in [2.45, 2.75) is 37.8 Å². The SMILES string of the molecule is CC(=O)c1c(C)[nH]c(C(=O)[C@H](C)Sc2ccc(F)c(Cl)c2)c1C. The molecule has 1 heterocycles. The quantitative estimate of drug-likeness (QED) is 0.608. The maximum absolute atomic E-state index is 13.2. The number of aromatic nitrogens is 1. The molecule has 0 saturated carbocycles. The van der Waals surface area contributed by atoms with Gasteiger partial charge in [-0.3, -0.25) is 9.59 Å². The number of benzene rings is 1. The molecule has 1 aromatic heterocycles. The predicted octanol–water partition coefficient (Wildman–Crippen LogP) is 4.99. The van der Waals surface area contributed by atoms with Crippen LogP contribution in [0.2, 0.25) is 5.02 Å². The molecule has 0 saturated heterocycles. The fraction of sp³-hybridized carbons (Fsp3) is 0.294. The van der Waals surface area contributed by atoms with Crippen LogP contribution in [0, 0.1) is 19.7 Å². The number of aromatic amines is 1. The van der Waals surface area contributed by atoms with Gasteiger partial charge in [-0.25, -0.2) is 4.39 Å². The van der Waals surface area contributed by atoms with Crippen molar-refractivity contribution in [2.24, 2.45) is 0 Å². The minimum atomic E-state index is -0.489. The Morgan fingerprint density at radius 2 is 1.96 bits per heavy atom. The molecule has 0 unspecified atom stereocenters. The number of carbonyl (C=O) groups is 2. The molecule has 0 radical (unpaired) electrons. The number of thioether (sulfide) groups is 1. The third-order valence-corrected chi connectivity index (χ3v) is 4.99. The van der Waals surface area contributed by atoms with Gasteiger partial charge >= 0.3 is 0 Å². The van der Waals surface area contributed by atoms with Gasteiger partial charge in [0.2, 0.25) is 0 Å². The van der Waals surface area contributed by atoms with Crippen LogP contribution < -0.4 is 0 Å². The van der Waals surface area contributed by atoms with Crippen molar-refractivity contribution >= 4 is 34.9 Å². The molecule has 3 nitrogen and oxygen atoms in total. The van der Waals surface area contributed by atoms with Crippen molar-refractivity contribution in [1.29, 1.82) is 0 Å². The number of hydrogen-bond donors (Lipinski definition) is 1. The summed E-state index contributed by atoms with van der Waals surface area (Å²) in [6, 6.07) is 4.36. The third kappa shape index (κ3) is 3.67. The van der Waals surface area contributed by atoms with E-state index in [1.54, 1.807) is 26.8 Å². The second kappa shape index (κ2) is 6.89. The van der Waals surface area contributed by atoms with Crippen LogP contribution in [-0.2, 0) is 0 Å². The minimum absolute atomic E-state index is 0.0282. The summed E-state index contributed by atoms with van der Waals surface area (Å²) in [5.74, 6) is -0.665. The molecule has 0 aliphatic rings. The van der Waals surface area contributed by atoms with E-state index in [1.165, 1.54) is 30.8 Å². The van der Waals surface area contributed by atoms with E-state index in [0.29, 0.717) is 27.4 Å². The van der Waals surface area contributed by atoms with Gasteiger partial charge < -0.3 is 4.98 Å². The number of Topliss-reactive ketones (excluding diaryl/α,β-unsaturated/α-hetero) is 2. The molecule has 2 rings (SSSR count). The molecule has 0 aliphatic heterocycles. The molecule has 0 amide bonds. The number of rotatable bonds is 5. The van der Waals surface area contributed by atoms with Crippen molar-refractivity contribution in [2.75, 3.05) is 0 Å². The molecule has 6 heteroatoms. The van der Waals surface area contributed by atoms with Crippen LogP contribution >= 0.6 is 23.4 Å². The zero-order valence-electron chi connectivity index (χ0n) is 13.3. The van der Waals surface area contributed by atoms with Crippen LogP contribution in [0.1, 0.15) is 46.0 Å². The monoisotopic (exact) mass is 353 g/mol. The first-order chi connectivity index (χ1) is 10.7. The maximum atomic E-state index is 13.2. The highest BCUT2D eigenvalue weighted by Gasteiger charge is 2.24. The van der Waals surface area contributed by atoms with E-state index in [-0.39, 0.29) is 16.6 Å². The Labute approximate surface area is 143 Å². The fourth-order valence-electron chi connectivity index (χ4n) is 2.54. The number of halogens is 2. The van der Waals surface area contributed by atoms with Gasteiger partial charge in [0.05, 0.1) is 16.0 Å². The standard InChI is InChI=1S/C17H17ClFNO2S/c1-8-15(10(3)21)9(2)20-16(8)17(22)11(4)23-12-5-6-14(19)13(18)7-12/h5-7,11,20H,1-4H3/t11-/m0/s1. The number of H-pyrrole nitrogens is 1. The summed E-state index contributed by atoms with van der Waals surface area (Å²) in [5.41, 5.74) is 2.38. The summed E-state index contributed by atoms with van der Waals surface area (Å²) < 4.78 is 13.2. The molecule has 1 aromatic carbocycles. The van der Waals surface area contributed by atoms with Gasteiger partial charge in [0.15, 0.2) is 11.6 Å². The Hall–Kier alpha value is -1.59. The molecule has 0 spiro atoms. The zero-order chi connectivity index (χ0) is 17.3. The Morgan fingerprint density at radius 1 is 1.30 bits per heavy atom. The Morgan fingerprint density at radius 3 is 2.48 bits per heavy atom. The smallest absolute Gasteiger partial charge is 0.192 e. The Balaban J connectivity index is 2.24. The first-order valence-electron chi connectivity index (χ1n) is 7.08. The van der Waals surface area contributed by atoms with E-state index in [1.807, 2.05) is 0 Å². The van der Waals surface area contributed by atoms with Gasteiger partial charge in [0.1, 0.15) is 5.82 Å². The van der Waals surface area contributed by atoms with Crippen LogP contribution in [0.15, 0.2) is 23.1 Å². The van der Waals surface area contributed by atoms with Crippen molar-refractivity contribution < 1.29 is 14.0 Å². The molecule has 0 aliphatic carbocycles. The van der Waals surface area contributed by atoms with E-state index < -0.39 is 11.1 Å². The van der Waals surface area contributed by atoms with Crippen molar-refractivity contribution in [3.05, 3.63) is 51.6 Å². The van der Waals surface area contributed by atoms with Gasteiger partial charge in [-0.2, -0.15) is 0 Å². The Bertz CT molecular complexity index is 785. The lowest BCUT2D eigenvalue weighted by molar-refractivity contribution is 0.0988. The Kier molecular flexibility index (Phi) is 5.32. The van der Waals surface area contributed by atoms with Crippen LogP contribution in [0.4, 0.5) is 4.39 Å². The van der Waals surface area contributed by atoms with E-state index in [4.69, 9.17) is 11.6 Å². The van der Waals surface area contributed by atoms with Crippen LogP contribution in [-0.4, -0.2) is 21.8 Å². The third-order valence-electron chi connectivity index (χ3n) is 3.61. The number of nitrogens with one attached hydrogen (secondary N) is 1. The average molecular weight is 354 g/mol. The van der Waals surface area contributed by atoms with Crippen LogP contribution in [0.25, 0.3) is 0 Å². The molecule has 2 aromatic rings. The lowest BCUT2D eigenvalue weighted by Crippen LogP contribution is -2.15. The summed E-state index contributed by atoms with van der Waals surface area (Å²) in [6.07, 6.45) is 0. The summed E-state index contributed by atoms with van der Waals surface area (Å²) in [6.45, 7) is 6.79. The predicted molar refractivity (Wildman–Crippen MR) is 91.3 cm³/mol. The maximum Gasteiger partial charge on any atom is 0.192 e. The average Bonchev–Trinajstić information content (AvgIpc) is 2.77. The highest BCUT2D eigenvalue weighted by molar-refractivity contribution is 8.00. The summed E-state index contributed by atoms with van der Waals surface area (Å²) in [5, 5.41) is -0.367. The molecule has 23 heavy (non-hydrogen) atoms. The van der Waals surface area contributed by atoms with Crippen LogP contribution in [0.3, 0.4) is 0 Å². The minimum Gasteiger partial charge on any atom is -0.355 e. The molecular weight excluding hydrogens is 337 g/mol. The number of aryl methyl sites for hydroxylation is 1. The van der Waals surface area contributed by atoms with Gasteiger partial charge in [0.25, 0.3) is 0 Å². The first-order valence-corrected chi connectivity index (χ1v) is 8.34. The van der Waals surface area contributed by atoms with Crippen molar-refractivity contribution in [3.8, 4) is 0 Å². The topological polar surface area (TPSA) is 49.9 Å². The van der Waals surface area contributed by atoms with Gasteiger partial charge in [-0.1, -0.05) is 11.6 Å². The highest BCUT2D eigenvalue weighted by Crippen LogP contribution is 2.30. The molecule has 1 atom stereocenters. The molecule has 1 N–H and O–H groups in total. The number of hydrogen-bond acceptors (Lipinski definition) is 3. The van der Waals surface area contributed by atoms with Gasteiger partial charge in [0, 0.05) is 16.2 Å². The molecule has 0 bridgehead atoms. The lowest BCUT2D eigenvalue weighted by Gasteiger charge is -2.10. The number of ketones is 2. The van der Waals surface area contributed by atoms with Gasteiger partial charge in [-0.15, -0.1) is 11.8 Å². The van der Waals surface area contributed by atoms with E-state index in [0.717, 1.165) is 0 Å². The molecule has 0 fully saturated rings. The van der Waals surface area contributed by atoms with Crippen molar-refractivity contribution in [1.82, 2.24) is 4.98 Å². The van der Waals surface area contributed by atoms with Crippen molar-refractivity contribution in [3.63, 3.8) is 0 Å². The normalized spacial score (nSPS) is 12.3. The largest absolute Gasteiger partial charge is 0.355 e. The fourth-order valence-corrected chi connectivity index (χ4v) is 3.75. The summed E-state index contributed by atoms with van der Waals surface area (Å²) >= 11 is 7.06. The second-order valence-electron chi connectivity index (χ2n) is 5.38. The van der Waals surface area contributed by atoms with E-state index in [2.05, 4.69) is 4.98 Å². The van der Waals surface area contributed by atoms with E-state index >= 15 is 0 Å². The number of carbonyl (C=O) groups excluding carboxylic acids is 2. The molecular formula is C17H17ClFNO2S. The summed E-state index contributed by atoms with van der Waals surface area (Å²) in [4.78, 5) is 28.0. The summed E-state index contributed by atoms with van der Waals surface area (Å²) in [7, 11) is 0. The van der Waals surface area contributed by atoms with Gasteiger partial charge in [-0.05, 0) is 51.5 Å². The first kappa shape index (κ1) is 17.8. The zero-order valence-corrected chi connectivity index (χ0v) is 14.9. The van der Waals surface area contributed by atoms with Crippen LogP contribution in [0.5, 0.6) is 0 Å². The lowest BCUT2D eigenvalue weighted by atomic mass is 10.0. The highest BCUT2D eigenvalue weighted by atomic mass is 35.5. The van der Waals surface area contributed by atoms with E-state index in [9.17, 15) is 14.0 Å².